The van der Waals surface area contributed by atoms with Crippen LogP contribution in [-0.4, -0.2) is 36.8 Å². The Bertz CT molecular complexity index is 378. The van der Waals surface area contributed by atoms with Gasteiger partial charge in [-0.05, 0) is 18.5 Å². The highest BCUT2D eigenvalue weighted by molar-refractivity contribution is 5.14. The molecule has 0 radical (unpaired) electrons. The number of hydrogen-bond donors (Lipinski definition) is 1. The fourth-order valence-electron chi connectivity index (χ4n) is 2.48. The van der Waals surface area contributed by atoms with Gasteiger partial charge in [0.1, 0.15) is 0 Å². The van der Waals surface area contributed by atoms with E-state index in [2.05, 4.69) is 5.32 Å². The van der Waals surface area contributed by atoms with Gasteiger partial charge >= 0.3 is 6.18 Å². The Kier molecular flexibility index (Phi) is 4.82. The number of benzene rings is 1. The van der Waals surface area contributed by atoms with E-state index < -0.39 is 18.6 Å². The first-order valence-electron chi connectivity index (χ1n) is 6.60. The number of rotatable bonds is 3. The van der Waals surface area contributed by atoms with Gasteiger partial charge in [-0.3, -0.25) is 4.90 Å². The van der Waals surface area contributed by atoms with Crippen LogP contribution in [0.3, 0.4) is 0 Å². The third-order valence-corrected chi connectivity index (χ3v) is 3.39. The van der Waals surface area contributed by atoms with Gasteiger partial charge in [0.25, 0.3) is 0 Å². The van der Waals surface area contributed by atoms with E-state index in [9.17, 15) is 13.2 Å². The largest absolute Gasteiger partial charge is 0.390 e. The van der Waals surface area contributed by atoms with Crippen LogP contribution in [0.15, 0.2) is 30.3 Å². The maximum absolute atomic E-state index is 12.6. The van der Waals surface area contributed by atoms with Crippen molar-refractivity contribution in [3.8, 4) is 0 Å². The van der Waals surface area contributed by atoms with Crippen LogP contribution in [0.2, 0.25) is 0 Å². The summed E-state index contributed by atoms with van der Waals surface area (Å²) in [6, 6.07) is 9.21. The van der Waals surface area contributed by atoms with Crippen LogP contribution < -0.4 is 5.32 Å². The molecule has 1 fully saturated rings. The van der Waals surface area contributed by atoms with Crippen LogP contribution in [0.4, 0.5) is 13.2 Å². The number of hydrogen-bond acceptors (Lipinski definition) is 2. The summed E-state index contributed by atoms with van der Waals surface area (Å²) in [5.74, 6) is 0. The van der Waals surface area contributed by atoms with Gasteiger partial charge < -0.3 is 5.32 Å². The molecule has 19 heavy (non-hydrogen) atoms. The van der Waals surface area contributed by atoms with Gasteiger partial charge in [0, 0.05) is 25.7 Å². The molecule has 106 valence electrons. The van der Waals surface area contributed by atoms with Gasteiger partial charge in [0.15, 0.2) is 0 Å². The molecule has 2 nitrogen and oxygen atoms in total. The second-order valence-electron chi connectivity index (χ2n) is 4.99. The van der Waals surface area contributed by atoms with E-state index in [1.807, 2.05) is 35.2 Å². The zero-order valence-electron chi connectivity index (χ0n) is 10.8. The lowest BCUT2D eigenvalue weighted by molar-refractivity contribution is -0.147. The Morgan fingerprint density at radius 2 is 1.95 bits per heavy atom. The Morgan fingerprint density at radius 1 is 1.21 bits per heavy atom. The average Bonchev–Trinajstić information content (AvgIpc) is 2.55. The average molecular weight is 272 g/mol. The van der Waals surface area contributed by atoms with E-state index in [1.54, 1.807) is 0 Å². The predicted molar refractivity (Wildman–Crippen MR) is 68.8 cm³/mol. The van der Waals surface area contributed by atoms with Crippen molar-refractivity contribution in [1.82, 2.24) is 10.2 Å². The number of nitrogens with zero attached hydrogens (tertiary/aromatic N) is 1. The monoisotopic (exact) mass is 272 g/mol. The quantitative estimate of drug-likeness (QED) is 0.910. The summed E-state index contributed by atoms with van der Waals surface area (Å²) >= 11 is 0. The van der Waals surface area contributed by atoms with E-state index in [0.29, 0.717) is 19.6 Å². The first-order chi connectivity index (χ1) is 9.04. The number of halogens is 3. The van der Waals surface area contributed by atoms with Gasteiger partial charge in [-0.2, -0.15) is 13.2 Å². The van der Waals surface area contributed by atoms with E-state index in [1.165, 1.54) is 0 Å². The van der Waals surface area contributed by atoms with Crippen molar-refractivity contribution in [3.63, 3.8) is 0 Å². The SMILES string of the molecule is FC(F)(F)CC1CNCCCN1Cc1ccccc1. The molecule has 1 unspecified atom stereocenters. The van der Waals surface area contributed by atoms with E-state index in [4.69, 9.17) is 0 Å². The molecule has 1 saturated heterocycles. The van der Waals surface area contributed by atoms with Gasteiger partial charge in [0.05, 0.1) is 6.42 Å². The molecule has 0 aliphatic carbocycles. The van der Waals surface area contributed by atoms with Gasteiger partial charge in [0.2, 0.25) is 0 Å². The third kappa shape index (κ3) is 4.84. The van der Waals surface area contributed by atoms with E-state index in [0.717, 1.165) is 18.5 Å². The van der Waals surface area contributed by atoms with E-state index >= 15 is 0 Å². The van der Waals surface area contributed by atoms with Crippen LogP contribution in [0.25, 0.3) is 0 Å². The van der Waals surface area contributed by atoms with Crippen LogP contribution >= 0.6 is 0 Å². The third-order valence-electron chi connectivity index (χ3n) is 3.39. The zero-order valence-corrected chi connectivity index (χ0v) is 10.8. The van der Waals surface area contributed by atoms with Crippen molar-refractivity contribution >= 4 is 0 Å². The Morgan fingerprint density at radius 3 is 2.63 bits per heavy atom. The summed E-state index contributed by atoms with van der Waals surface area (Å²) in [7, 11) is 0. The first-order valence-corrected chi connectivity index (χ1v) is 6.60. The summed E-state index contributed by atoms with van der Waals surface area (Å²) < 4.78 is 37.9. The van der Waals surface area contributed by atoms with Crippen molar-refractivity contribution < 1.29 is 13.2 Å². The molecule has 0 saturated carbocycles. The Balaban J connectivity index is 2.04. The standard InChI is InChI=1S/C14H19F3N2/c15-14(16,17)9-13-10-18-7-4-8-19(13)11-12-5-2-1-3-6-12/h1-3,5-6,13,18H,4,7-11H2. The Labute approximate surface area is 111 Å². The summed E-state index contributed by atoms with van der Waals surface area (Å²) in [5, 5.41) is 3.09. The van der Waals surface area contributed by atoms with Gasteiger partial charge in [-0.25, -0.2) is 0 Å². The smallest absolute Gasteiger partial charge is 0.315 e. The Hall–Kier alpha value is -1.07. The van der Waals surface area contributed by atoms with Gasteiger partial charge in [-0.1, -0.05) is 30.3 Å². The molecule has 0 spiro atoms. The fourth-order valence-corrected chi connectivity index (χ4v) is 2.48. The van der Waals surface area contributed by atoms with Crippen molar-refractivity contribution in [2.45, 2.75) is 31.6 Å². The molecule has 0 aromatic heterocycles. The molecule has 5 heteroatoms. The van der Waals surface area contributed by atoms with Crippen molar-refractivity contribution in [2.75, 3.05) is 19.6 Å². The maximum atomic E-state index is 12.6. The molecule has 1 aliphatic rings. The molecule has 0 amide bonds. The second kappa shape index (κ2) is 6.39. The highest BCUT2D eigenvalue weighted by atomic mass is 19.4. The molecule has 1 aromatic rings. The number of alkyl halides is 3. The molecule has 1 atom stereocenters. The van der Waals surface area contributed by atoms with Crippen molar-refractivity contribution in [2.24, 2.45) is 0 Å². The highest BCUT2D eigenvalue weighted by Gasteiger charge is 2.35. The predicted octanol–water partition coefficient (Wildman–Crippen LogP) is 2.80. The lowest BCUT2D eigenvalue weighted by Crippen LogP contribution is -2.42. The molecule has 1 aliphatic heterocycles. The minimum absolute atomic E-state index is 0.409. The van der Waals surface area contributed by atoms with Crippen LogP contribution in [0, 0.1) is 0 Å². The van der Waals surface area contributed by atoms with Crippen LogP contribution in [0.5, 0.6) is 0 Å². The summed E-state index contributed by atoms with van der Waals surface area (Å²) in [6.45, 7) is 2.50. The molecule has 1 aromatic carbocycles. The zero-order chi connectivity index (χ0) is 13.7. The fraction of sp³-hybridized carbons (Fsp3) is 0.571. The minimum Gasteiger partial charge on any atom is -0.315 e. The maximum Gasteiger partial charge on any atom is 0.390 e. The van der Waals surface area contributed by atoms with E-state index in [-0.39, 0.29) is 0 Å². The van der Waals surface area contributed by atoms with Gasteiger partial charge in [-0.15, -0.1) is 0 Å². The molecule has 1 heterocycles. The lowest BCUT2D eigenvalue weighted by atomic mass is 10.1. The molecular weight excluding hydrogens is 253 g/mol. The molecule has 0 bridgehead atoms. The summed E-state index contributed by atoms with van der Waals surface area (Å²) in [4.78, 5) is 1.95. The van der Waals surface area contributed by atoms with Crippen LogP contribution in [0.1, 0.15) is 18.4 Å². The summed E-state index contributed by atoms with van der Waals surface area (Å²) in [6.07, 6.45) is -3.96. The highest BCUT2D eigenvalue weighted by Crippen LogP contribution is 2.25. The second-order valence-corrected chi connectivity index (χ2v) is 4.99. The lowest BCUT2D eigenvalue weighted by Gasteiger charge is -2.30. The molecule has 1 N–H and O–H groups in total. The summed E-state index contributed by atoms with van der Waals surface area (Å²) in [5.41, 5.74) is 1.07. The first kappa shape index (κ1) is 14.3. The molecular formula is C14H19F3N2. The normalized spacial score (nSPS) is 22.2. The molecule has 2 rings (SSSR count). The number of nitrogens with one attached hydrogen (secondary N) is 1. The minimum atomic E-state index is -4.11. The van der Waals surface area contributed by atoms with Crippen molar-refractivity contribution in [3.05, 3.63) is 35.9 Å². The topological polar surface area (TPSA) is 15.3 Å². The van der Waals surface area contributed by atoms with Crippen LogP contribution in [-0.2, 0) is 6.54 Å². The van der Waals surface area contributed by atoms with Crippen molar-refractivity contribution in [1.29, 1.82) is 0 Å².